The summed E-state index contributed by atoms with van der Waals surface area (Å²) in [4.78, 5) is 3.74. The molecule has 5 heteroatoms. The first kappa shape index (κ1) is 15.1. The molecule has 0 radical (unpaired) electrons. The molecule has 1 aromatic carbocycles. The number of rotatable bonds is 5. The molecule has 20 heavy (non-hydrogen) atoms. The van der Waals surface area contributed by atoms with E-state index in [1.807, 2.05) is 6.92 Å². The number of hydrogen-bond donors (Lipinski definition) is 1. The van der Waals surface area contributed by atoms with Crippen LogP contribution in [0.1, 0.15) is 30.5 Å². The van der Waals surface area contributed by atoms with Gasteiger partial charge in [-0.2, -0.15) is 0 Å². The molecule has 2 rings (SSSR count). The monoisotopic (exact) mass is 340 g/mol. The average molecular weight is 341 g/mol. The van der Waals surface area contributed by atoms with Gasteiger partial charge in [-0.3, -0.25) is 4.98 Å². The van der Waals surface area contributed by atoms with Crippen molar-refractivity contribution in [3.63, 3.8) is 0 Å². The van der Waals surface area contributed by atoms with Gasteiger partial charge in [0.15, 0.2) is 0 Å². The fraction of sp³-hybridized carbons (Fsp3) is 0.267. The molecule has 0 amide bonds. The molecule has 0 aliphatic rings. The zero-order chi connectivity index (χ0) is 14.5. The highest BCUT2D eigenvalue weighted by Gasteiger charge is 2.22. The second-order valence-corrected chi connectivity index (χ2v) is 5.27. The van der Waals surface area contributed by atoms with Crippen LogP contribution in [-0.2, 0) is 0 Å². The first-order valence-corrected chi connectivity index (χ1v) is 7.21. The van der Waals surface area contributed by atoms with E-state index in [9.17, 15) is 8.78 Å². The normalized spacial score (nSPS) is 12.4. The fourth-order valence-electron chi connectivity index (χ4n) is 2.06. The summed E-state index contributed by atoms with van der Waals surface area (Å²) in [6.07, 6.45) is 3.52. The van der Waals surface area contributed by atoms with Crippen LogP contribution in [0.4, 0.5) is 8.78 Å². The van der Waals surface area contributed by atoms with Crippen LogP contribution in [0.15, 0.2) is 41.1 Å². The predicted octanol–water partition coefficient (Wildman–Crippen LogP) is 4.21. The molecule has 1 heterocycles. The van der Waals surface area contributed by atoms with E-state index < -0.39 is 11.9 Å². The van der Waals surface area contributed by atoms with Crippen LogP contribution < -0.4 is 5.32 Å². The number of nitrogens with zero attached hydrogens (tertiary/aromatic N) is 1. The summed E-state index contributed by atoms with van der Waals surface area (Å²) in [6, 6.07) is 5.76. The molecule has 0 fully saturated rings. The molecule has 0 aliphatic heterocycles. The number of aromatic nitrogens is 1. The van der Waals surface area contributed by atoms with Gasteiger partial charge in [0.2, 0.25) is 0 Å². The Kier molecular flexibility index (Phi) is 5.20. The van der Waals surface area contributed by atoms with Gasteiger partial charge in [0, 0.05) is 21.8 Å². The second kappa shape index (κ2) is 6.90. The van der Waals surface area contributed by atoms with Gasteiger partial charge in [-0.05, 0) is 31.2 Å². The van der Waals surface area contributed by atoms with Gasteiger partial charge in [0.05, 0.1) is 12.2 Å². The molecule has 0 spiro atoms. The highest BCUT2D eigenvalue weighted by molar-refractivity contribution is 9.10. The largest absolute Gasteiger partial charge is 0.306 e. The average Bonchev–Trinajstić information content (AvgIpc) is 2.43. The minimum absolute atomic E-state index is 0.371. The highest BCUT2D eigenvalue weighted by atomic mass is 79.9. The standard InChI is InChI=1S/C15H15BrF2N2/c1-2-7-20-15(10-6-8-19-9-13(10)18)14-11(16)4-3-5-12(14)17/h3-6,8-9,15,20H,2,7H2,1H3. The molecule has 1 atom stereocenters. The summed E-state index contributed by atoms with van der Waals surface area (Å²) in [5.74, 6) is -0.819. The Morgan fingerprint density at radius 1 is 1.25 bits per heavy atom. The van der Waals surface area contributed by atoms with Crippen molar-refractivity contribution in [2.24, 2.45) is 0 Å². The first-order chi connectivity index (χ1) is 9.65. The van der Waals surface area contributed by atoms with E-state index in [2.05, 4.69) is 26.2 Å². The van der Waals surface area contributed by atoms with Crippen LogP contribution in [0.3, 0.4) is 0 Å². The third kappa shape index (κ3) is 3.22. The second-order valence-electron chi connectivity index (χ2n) is 4.42. The Labute approximate surface area is 125 Å². The lowest BCUT2D eigenvalue weighted by molar-refractivity contribution is 0.516. The van der Waals surface area contributed by atoms with Crippen LogP contribution in [0.2, 0.25) is 0 Å². The number of benzene rings is 1. The summed E-state index contributed by atoms with van der Waals surface area (Å²) in [5.41, 5.74) is 0.797. The van der Waals surface area contributed by atoms with Crippen molar-refractivity contribution in [3.05, 3.63) is 63.9 Å². The number of halogens is 3. The van der Waals surface area contributed by atoms with E-state index in [4.69, 9.17) is 0 Å². The van der Waals surface area contributed by atoms with Crippen molar-refractivity contribution < 1.29 is 8.78 Å². The summed E-state index contributed by atoms with van der Waals surface area (Å²) in [6.45, 7) is 2.66. The molecule has 0 saturated carbocycles. The Balaban J connectivity index is 2.50. The maximum Gasteiger partial charge on any atom is 0.146 e. The topological polar surface area (TPSA) is 24.9 Å². The molecule has 1 unspecified atom stereocenters. The SMILES string of the molecule is CCCNC(c1ccncc1F)c1c(F)cccc1Br. The molecule has 0 saturated heterocycles. The lowest BCUT2D eigenvalue weighted by atomic mass is 9.98. The van der Waals surface area contributed by atoms with Gasteiger partial charge >= 0.3 is 0 Å². The Hall–Kier alpha value is -1.33. The van der Waals surface area contributed by atoms with Crippen molar-refractivity contribution in [2.75, 3.05) is 6.54 Å². The predicted molar refractivity (Wildman–Crippen MR) is 78.4 cm³/mol. The fourth-order valence-corrected chi connectivity index (χ4v) is 2.63. The smallest absolute Gasteiger partial charge is 0.146 e. The van der Waals surface area contributed by atoms with Crippen LogP contribution >= 0.6 is 15.9 Å². The van der Waals surface area contributed by atoms with Crippen LogP contribution in [0.5, 0.6) is 0 Å². The molecular formula is C15H15BrF2N2. The quantitative estimate of drug-likeness (QED) is 0.881. The minimum atomic E-state index is -0.548. The molecule has 1 N–H and O–H groups in total. The Morgan fingerprint density at radius 2 is 2.05 bits per heavy atom. The highest BCUT2D eigenvalue weighted by Crippen LogP contribution is 2.31. The zero-order valence-electron chi connectivity index (χ0n) is 11.0. The Bertz CT molecular complexity index is 570. The van der Waals surface area contributed by atoms with Crippen molar-refractivity contribution in [1.82, 2.24) is 10.3 Å². The van der Waals surface area contributed by atoms with E-state index in [1.165, 1.54) is 12.3 Å². The lowest BCUT2D eigenvalue weighted by Gasteiger charge is -2.21. The third-order valence-corrected chi connectivity index (χ3v) is 3.69. The van der Waals surface area contributed by atoms with E-state index in [-0.39, 0.29) is 5.82 Å². The first-order valence-electron chi connectivity index (χ1n) is 6.41. The lowest BCUT2D eigenvalue weighted by Crippen LogP contribution is -2.25. The van der Waals surface area contributed by atoms with Crippen LogP contribution in [0, 0.1) is 11.6 Å². The molecule has 1 aromatic heterocycles. The molecule has 0 bridgehead atoms. The minimum Gasteiger partial charge on any atom is -0.306 e. The van der Waals surface area contributed by atoms with Crippen molar-refractivity contribution >= 4 is 15.9 Å². The van der Waals surface area contributed by atoms with Gasteiger partial charge in [0.1, 0.15) is 11.6 Å². The molecule has 2 aromatic rings. The van der Waals surface area contributed by atoms with Gasteiger partial charge in [-0.1, -0.05) is 28.9 Å². The molecule has 2 nitrogen and oxygen atoms in total. The van der Waals surface area contributed by atoms with Gasteiger partial charge < -0.3 is 5.32 Å². The number of hydrogen-bond acceptors (Lipinski definition) is 2. The van der Waals surface area contributed by atoms with Gasteiger partial charge in [-0.25, -0.2) is 8.78 Å². The molecule has 106 valence electrons. The summed E-state index contributed by atoms with van der Waals surface area (Å²) in [7, 11) is 0. The van der Waals surface area contributed by atoms with Crippen LogP contribution in [0.25, 0.3) is 0 Å². The Morgan fingerprint density at radius 3 is 2.70 bits per heavy atom. The number of nitrogens with one attached hydrogen (secondary N) is 1. The van der Waals surface area contributed by atoms with Gasteiger partial charge in [-0.15, -0.1) is 0 Å². The summed E-state index contributed by atoms with van der Waals surface area (Å²) in [5, 5.41) is 3.19. The van der Waals surface area contributed by atoms with E-state index in [1.54, 1.807) is 18.2 Å². The molecular weight excluding hydrogens is 326 g/mol. The molecule has 0 aliphatic carbocycles. The summed E-state index contributed by atoms with van der Waals surface area (Å²) < 4.78 is 28.7. The van der Waals surface area contributed by atoms with Crippen molar-refractivity contribution in [1.29, 1.82) is 0 Å². The van der Waals surface area contributed by atoms with Crippen molar-refractivity contribution in [2.45, 2.75) is 19.4 Å². The van der Waals surface area contributed by atoms with Gasteiger partial charge in [0.25, 0.3) is 0 Å². The number of pyridine rings is 1. The summed E-state index contributed by atoms with van der Waals surface area (Å²) >= 11 is 3.34. The zero-order valence-corrected chi connectivity index (χ0v) is 12.6. The maximum atomic E-state index is 14.1. The van der Waals surface area contributed by atoms with Crippen LogP contribution in [-0.4, -0.2) is 11.5 Å². The van der Waals surface area contributed by atoms with E-state index in [0.717, 1.165) is 12.6 Å². The van der Waals surface area contributed by atoms with E-state index >= 15 is 0 Å². The third-order valence-electron chi connectivity index (χ3n) is 3.00. The maximum absolute atomic E-state index is 14.1. The van der Waals surface area contributed by atoms with Crippen molar-refractivity contribution in [3.8, 4) is 0 Å². The van der Waals surface area contributed by atoms with E-state index in [0.29, 0.717) is 22.1 Å².